The molecule has 6 heteroatoms. The van der Waals surface area contributed by atoms with Crippen LogP contribution in [0.1, 0.15) is 40.4 Å². The summed E-state index contributed by atoms with van der Waals surface area (Å²) in [4.78, 5) is 19.5. The van der Waals surface area contributed by atoms with E-state index in [4.69, 9.17) is 18.0 Å². The molecule has 0 aliphatic heterocycles. The lowest BCUT2D eigenvalue weighted by Crippen LogP contribution is -2.43. The van der Waals surface area contributed by atoms with Crippen LogP contribution in [-0.2, 0) is 0 Å². The van der Waals surface area contributed by atoms with Crippen LogP contribution >= 0.6 is 23.6 Å². The van der Waals surface area contributed by atoms with Crippen molar-refractivity contribution in [1.29, 1.82) is 0 Å². The van der Waals surface area contributed by atoms with Crippen LogP contribution in [0.3, 0.4) is 0 Å². The molecule has 98 valence electrons. The number of aromatic nitrogens is 1. The van der Waals surface area contributed by atoms with Crippen molar-refractivity contribution in [3.63, 3.8) is 0 Å². The van der Waals surface area contributed by atoms with E-state index in [2.05, 4.69) is 4.98 Å². The molecule has 0 aromatic carbocycles. The maximum atomic E-state index is 12.5. The van der Waals surface area contributed by atoms with Gasteiger partial charge in [-0.05, 0) is 19.8 Å². The third kappa shape index (κ3) is 3.05. The van der Waals surface area contributed by atoms with E-state index < -0.39 is 0 Å². The van der Waals surface area contributed by atoms with E-state index >= 15 is 0 Å². The van der Waals surface area contributed by atoms with Gasteiger partial charge in [0.15, 0.2) is 0 Å². The number of thiazole rings is 1. The van der Waals surface area contributed by atoms with Gasteiger partial charge in [0.1, 0.15) is 4.88 Å². The average molecular weight is 283 g/mol. The lowest BCUT2D eigenvalue weighted by Gasteiger charge is -2.27. The molecule has 0 spiro atoms. The van der Waals surface area contributed by atoms with Gasteiger partial charge in [-0.2, -0.15) is 0 Å². The van der Waals surface area contributed by atoms with Gasteiger partial charge in [0.2, 0.25) is 0 Å². The zero-order valence-electron chi connectivity index (χ0n) is 10.4. The van der Waals surface area contributed by atoms with Crippen molar-refractivity contribution in [3.05, 3.63) is 16.1 Å². The first kappa shape index (κ1) is 13.4. The fourth-order valence-corrected chi connectivity index (χ4v) is 3.23. The summed E-state index contributed by atoms with van der Waals surface area (Å²) in [5, 5.41) is 0.903. The molecule has 0 bridgehead atoms. The molecule has 0 radical (unpaired) electrons. The minimum Gasteiger partial charge on any atom is -0.392 e. The van der Waals surface area contributed by atoms with Crippen LogP contribution in [0, 0.1) is 6.92 Å². The van der Waals surface area contributed by atoms with E-state index in [1.54, 1.807) is 6.20 Å². The Kier molecular flexibility index (Phi) is 4.29. The van der Waals surface area contributed by atoms with Crippen LogP contribution in [0.4, 0.5) is 0 Å². The molecule has 1 aliphatic carbocycles. The molecule has 0 unspecified atom stereocenters. The molecule has 1 aromatic rings. The summed E-state index contributed by atoms with van der Waals surface area (Å²) < 4.78 is 0. The van der Waals surface area contributed by atoms with Gasteiger partial charge in [0.05, 0.1) is 22.7 Å². The number of amides is 1. The van der Waals surface area contributed by atoms with Gasteiger partial charge in [0.25, 0.3) is 5.91 Å². The molecule has 2 N–H and O–H groups in total. The van der Waals surface area contributed by atoms with E-state index in [1.165, 1.54) is 24.2 Å². The van der Waals surface area contributed by atoms with E-state index in [-0.39, 0.29) is 11.9 Å². The fourth-order valence-electron chi connectivity index (χ4n) is 2.35. The number of nitrogens with two attached hydrogens (primary N) is 1. The predicted octanol–water partition coefficient (Wildman–Crippen LogP) is 2.12. The Hall–Kier alpha value is -1.01. The first-order valence-corrected chi connectivity index (χ1v) is 7.32. The Morgan fingerprint density at radius 3 is 2.78 bits per heavy atom. The third-order valence-corrected chi connectivity index (χ3v) is 4.21. The molecule has 2 rings (SSSR count). The summed E-state index contributed by atoms with van der Waals surface area (Å²) in [5.74, 6) is 0.0142. The second kappa shape index (κ2) is 5.75. The Bertz CT molecular complexity index is 452. The molecule has 1 aliphatic rings. The second-order valence-electron chi connectivity index (χ2n) is 4.58. The normalized spacial score (nSPS) is 15.8. The molecular formula is C12H17N3OS2. The largest absolute Gasteiger partial charge is 0.392 e. The van der Waals surface area contributed by atoms with Crippen molar-refractivity contribution >= 4 is 34.5 Å². The molecule has 18 heavy (non-hydrogen) atoms. The summed E-state index contributed by atoms with van der Waals surface area (Å²) in [6.45, 7) is 2.27. The minimum atomic E-state index is 0.0142. The molecule has 4 nitrogen and oxygen atoms in total. The molecule has 0 saturated heterocycles. The number of thiocarbonyl (C=S) groups is 1. The Morgan fingerprint density at radius 1 is 1.61 bits per heavy atom. The second-order valence-corrected chi connectivity index (χ2v) is 6.34. The van der Waals surface area contributed by atoms with Crippen molar-refractivity contribution < 1.29 is 4.79 Å². The Morgan fingerprint density at radius 2 is 2.28 bits per heavy atom. The number of hydrogen-bond donors (Lipinski definition) is 1. The summed E-state index contributed by atoms with van der Waals surface area (Å²) in [6, 6.07) is 0.279. The summed E-state index contributed by atoms with van der Waals surface area (Å²) in [7, 11) is 0. The zero-order chi connectivity index (χ0) is 13.1. The lowest BCUT2D eigenvalue weighted by molar-refractivity contribution is 0.0719. The Labute approximate surface area is 116 Å². The molecule has 1 fully saturated rings. The number of carbonyl (C=O) groups excluding carboxylic acids is 1. The number of aryl methyl sites for hydroxylation is 1. The number of rotatable bonds is 4. The summed E-state index contributed by atoms with van der Waals surface area (Å²) in [5.41, 5.74) is 5.61. The van der Waals surface area contributed by atoms with Gasteiger partial charge in [-0.15, -0.1) is 11.3 Å². The van der Waals surface area contributed by atoms with Crippen LogP contribution in [0.25, 0.3) is 0 Å². The monoisotopic (exact) mass is 283 g/mol. The highest BCUT2D eigenvalue weighted by atomic mass is 32.1. The van der Waals surface area contributed by atoms with E-state index in [0.717, 1.165) is 17.8 Å². The average Bonchev–Trinajstić information content (AvgIpc) is 2.95. The maximum Gasteiger partial charge on any atom is 0.266 e. The smallest absolute Gasteiger partial charge is 0.266 e. The van der Waals surface area contributed by atoms with Gasteiger partial charge in [-0.1, -0.05) is 25.1 Å². The first-order valence-electron chi connectivity index (χ1n) is 6.09. The SMILES string of the molecule is Cc1ncc(C(=O)N(CC(N)=S)C2CCCC2)s1. The highest BCUT2D eigenvalue weighted by Gasteiger charge is 2.28. The van der Waals surface area contributed by atoms with Gasteiger partial charge in [-0.3, -0.25) is 4.79 Å². The van der Waals surface area contributed by atoms with E-state index in [9.17, 15) is 4.79 Å². The van der Waals surface area contributed by atoms with E-state index in [1.807, 2.05) is 11.8 Å². The van der Waals surface area contributed by atoms with Crippen LogP contribution in [0.15, 0.2) is 6.20 Å². The lowest BCUT2D eigenvalue weighted by atomic mass is 10.2. The van der Waals surface area contributed by atoms with Crippen molar-refractivity contribution in [1.82, 2.24) is 9.88 Å². The Balaban J connectivity index is 2.17. The molecule has 1 amide bonds. The number of carbonyl (C=O) groups is 1. The van der Waals surface area contributed by atoms with Crippen LogP contribution in [0.5, 0.6) is 0 Å². The zero-order valence-corrected chi connectivity index (χ0v) is 12.0. The van der Waals surface area contributed by atoms with Gasteiger partial charge >= 0.3 is 0 Å². The molecule has 0 atom stereocenters. The molecular weight excluding hydrogens is 266 g/mol. The quantitative estimate of drug-likeness (QED) is 0.860. The topological polar surface area (TPSA) is 59.2 Å². The predicted molar refractivity (Wildman–Crippen MR) is 76.9 cm³/mol. The number of nitrogens with zero attached hydrogens (tertiary/aromatic N) is 2. The first-order chi connectivity index (χ1) is 8.58. The molecule has 1 saturated carbocycles. The van der Waals surface area contributed by atoms with Crippen LogP contribution in [-0.4, -0.2) is 33.4 Å². The highest BCUT2D eigenvalue weighted by Crippen LogP contribution is 2.26. The van der Waals surface area contributed by atoms with Crippen LogP contribution in [0.2, 0.25) is 0 Å². The van der Waals surface area contributed by atoms with Crippen molar-refractivity contribution in [3.8, 4) is 0 Å². The van der Waals surface area contributed by atoms with Crippen molar-refractivity contribution in [2.75, 3.05) is 6.54 Å². The van der Waals surface area contributed by atoms with Crippen molar-refractivity contribution in [2.24, 2.45) is 5.73 Å². The fraction of sp³-hybridized carbons (Fsp3) is 0.583. The van der Waals surface area contributed by atoms with Crippen LogP contribution < -0.4 is 5.73 Å². The van der Waals surface area contributed by atoms with Gasteiger partial charge in [-0.25, -0.2) is 4.98 Å². The summed E-state index contributed by atoms with van der Waals surface area (Å²) >= 11 is 6.38. The minimum absolute atomic E-state index is 0.0142. The molecule has 1 aromatic heterocycles. The van der Waals surface area contributed by atoms with Gasteiger partial charge < -0.3 is 10.6 Å². The van der Waals surface area contributed by atoms with Gasteiger partial charge in [0, 0.05) is 6.04 Å². The van der Waals surface area contributed by atoms with E-state index in [0.29, 0.717) is 16.4 Å². The maximum absolute atomic E-state index is 12.5. The summed E-state index contributed by atoms with van der Waals surface area (Å²) in [6.07, 6.45) is 6.09. The van der Waals surface area contributed by atoms with Crippen molar-refractivity contribution in [2.45, 2.75) is 38.6 Å². The number of hydrogen-bond acceptors (Lipinski definition) is 4. The standard InChI is InChI=1S/C12H17N3OS2/c1-8-14-6-10(18-8)12(16)15(7-11(13)17)9-4-2-3-5-9/h6,9H,2-5,7H2,1H3,(H2,13,17). The molecule has 1 heterocycles. The highest BCUT2D eigenvalue weighted by molar-refractivity contribution is 7.80. The third-order valence-electron chi connectivity index (χ3n) is 3.18.